The molecule has 0 atom stereocenters. The number of rotatable bonds is 9. The smallest absolute Gasteiger partial charge is 0.251 e. The van der Waals surface area contributed by atoms with Gasteiger partial charge in [0.25, 0.3) is 5.91 Å². The average molecular weight is 385 g/mol. The summed E-state index contributed by atoms with van der Waals surface area (Å²) in [5, 5.41) is 3.02. The van der Waals surface area contributed by atoms with Crippen molar-refractivity contribution in [2.45, 2.75) is 52.9 Å². The Balaban J connectivity index is 2.08. The molecule has 0 aliphatic heterocycles. The normalized spacial score (nSPS) is 11.2. The van der Waals surface area contributed by atoms with E-state index in [2.05, 4.69) is 43.2 Å². The lowest BCUT2D eigenvalue weighted by molar-refractivity contribution is 0.0950. The van der Waals surface area contributed by atoms with Crippen LogP contribution in [0.5, 0.6) is 11.5 Å². The third-order valence-electron chi connectivity index (χ3n) is 4.65. The summed E-state index contributed by atoms with van der Waals surface area (Å²) in [4.78, 5) is 14.9. The van der Waals surface area contributed by atoms with Gasteiger partial charge in [-0.25, -0.2) is 0 Å². The molecular weight excluding hydrogens is 352 g/mol. The maximum Gasteiger partial charge on any atom is 0.251 e. The molecule has 0 aliphatic carbocycles. The van der Waals surface area contributed by atoms with E-state index in [1.165, 1.54) is 5.56 Å². The number of nitrogens with one attached hydrogen (secondary N) is 1. The van der Waals surface area contributed by atoms with E-state index in [1.807, 2.05) is 26.0 Å². The van der Waals surface area contributed by atoms with Crippen LogP contribution in [0.3, 0.4) is 0 Å². The molecule has 0 fully saturated rings. The fourth-order valence-electron chi connectivity index (χ4n) is 2.77. The Morgan fingerprint density at radius 3 is 2.32 bits per heavy atom. The number of amides is 1. The summed E-state index contributed by atoms with van der Waals surface area (Å²) in [6, 6.07) is 13.9. The summed E-state index contributed by atoms with van der Waals surface area (Å²) >= 11 is 0. The third kappa shape index (κ3) is 5.99. The second-order valence-electron chi connectivity index (χ2n) is 7.49. The van der Waals surface area contributed by atoms with Gasteiger partial charge in [-0.2, -0.15) is 0 Å². The van der Waals surface area contributed by atoms with E-state index in [-0.39, 0.29) is 12.0 Å². The Hall–Kier alpha value is -2.53. The number of ether oxygens (including phenoxy) is 2. The monoisotopic (exact) mass is 384 g/mol. The molecule has 0 aliphatic rings. The van der Waals surface area contributed by atoms with Gasteiger partial charge >= 0.3 is 0 Å². The summed E-state index contributed by atoms with van der Waals surface area (Å²) in [5.41, 5.74) is 2.89. The van der Waals surface area contributed by atoms with Crippen LogP contribution in [-0.4, -0.2) is 37.1 Å². The van der Waals surface area contributed by atoms with Crippen LogP contribution in [0.2, 0.25) is 0 Å². The molecule has 0 spiro atoms. The van der Waals surface area contributed by atoms with Crippen molar-refractivity contribution < 1.29 is 14.3 Å². The number of benzene rings is 2. The predicted octanol–water partition coefficient (Wildman–Crippen LogP) is 4.25. The minimum absolute atomic E-state index is 0.0362. The third-order valence-corrected chi connectivity index (χ3v) is 4.65. The molecule has 0 aromatic heterocycles. The van der Waals surface area contributed by atoms with E-state index >= 15 is 0 Å². The quantitative estimate of drug-likeness (QED) is 0.702. The van der Waals surface area contributed by atoms with Crippen LogP contribution in [0, 0.1) is 0 Å². The van der Waals surface area contributed by atoms with Crippen molar-refractivity contribution in [1.82, 2.24) is 10.2 Å². The fourth-order valence-corrected chi connectivity index (χ4v) is 2.77. The molecule has 2 aromatic carbocycles. The second kappa shape index (κ2) is 10.1. The summed E-state index contributed by atoms with van der Waals surface area (Å²) in [6.07, 6.45) is 0.0362. The maximum atomic E-state index is 12.6. The summed E-state index contributed by atoms with van der Waals surface area (Å²) in [6.45, 7) is 9.57. The van der Waals surface area contributed by atoms with Gasteiger partial charge in [0.15, 0.2) is 11.5 Å². The highest BCUT2D eigenvalue weighted by Crippen LogP contribution is 2.29. The molecule has 0 saturated carbocycles. The Bertz CT molecular complexity index is 787. The van der Waals surface area contributed by atoms with Gasteiger partial charge in [0.05, 0.1) is 13.2 Å². The molecule has 1 amide bonds. The largest absolute Gasteiger partial charge is 0.493 e. The SMILES string of the molecule is COc1cc(C(=O)NCc2ccccc2CN(C)C(C)C)ccc1OC(C)C. The van der Waals surface area contributed by atoms with Gasteiger partial charge in [0.1, 0.15) is 0 Å². The lowest BCUT2D eigenvalue weighted by atomic mass is 10.1. The van der Waals surface area contributed by atoms with Crippen molar-refractivity contribution >= 4 is 5.91 Å². The van der Waals surface area contributed by atoms with Gasteiger partial charge in [-0.05, 0) is 64.1 Å². The number of hydrogen-bond acceptors (Lipinski definition) is 4. The Kier molecular flexibility index (Phi) is 7.88. The van der Waals surface area contributed by atoms with Crippen molar-refractivity contribution in [3.8, 4) is 11.5 Å². The van der Waals surface area contributed by atoms with Crippen molar-refractivity contribution in [3.63, 3.8) is 0 Å². The van der Waals surface area contributed by atoms with Crippen LogP contribution in [-0.2, 0) is 13.1 Å². The fraction of sp³-hybridized carbons (Fsp3) is 0.435. The molecule has 28 heavy (non-hydrogen) atoms. The molecule has 0 radical (unpaired) electrons. The van der Waals surface area contributed by atoms with Gasteiger partial charge in [-0.15, -0.1) is 0 Å². The first-order valence-corrected chi connectivity index (χ1v) is 9.71. The minimum atomic E-state index is -0.138. The Labute approximate surface area is 168 Å². The van der Waals surface area contributed by atoms with Gasteiger partial charge in [-0.3, -0.25) is 9.69 Å². The van der Waals surface area contributed by atoms with Crippen molar-refractivity contribution in [2.75, 3.05) is 14.2 Å². The molecule has 1 N–H and O–H groups in total. The van der Waals surface area contributed by atoms with E-state index in [0.717, 1.165) is 12.1 Å². The van der Waals surface area contributed by atoms with E-state index in [1.54, 1.807) is 25.3 Å². The first kappa shape index (κ1) is 21.8. The number of carbonyl (C=O) groups is 1. The zero-order valence-corrected chi connectivity index (χ0v) is 17.8. The van der Waals surface area contributed by atoms with Crippen molar-refractivity contribution in [1.29, 1.82) is 0 Å². The van der Waals surface area contributed by atoms with Crippen molar-refractivity contribution in [3.05, 3.63) is 59.2 Å². The molecule has 152 valence electrons. The molecule has 2 rings (SSSR count). The Morgan fingerprint density at radius 1 is 1.04 bits per heavy atom. The number of carbonyl (C=O) groups excluding carboxylic acids is 1. The zero-order valence-electron chi connectivity index (χ0n) is 17.8. The summed E-state index contributed by atoms with van der Waals surface area (Å²) in [7, 11) is 3.68. The van der Waals surface area contributed by atoms with Gasteiger partial charge < -0.3 is 14.8 Å². The van der Waals surface area contributed by atoms with Crippen LogP contribution in [0.15, 0.2) is 42.5 Å². The zero-order chi connectivity index (χ0) is 20.7. The predicted molar refractivity (Wildman–Crippen MR) is 113 cm³/mol. The number of methoxy groups -OCH3 is 1. The van der Waals surface area contributed by atoms with E-state index in [0.29, 0.717) is 29.6 Å². The molecule has 0 heterocycles. The first-order chi connectivity index (χ1) is 13.3. The van der Waals surface area contributed by atoms with Gasteiger partial charge in [0.2, 0.25) is 0 Å². The number of hydrogen-bond donors (Lipinski definition) is 1. The summed E-state index contributed by atoms with van der Waals surface area (Å²) in [5.74, 6) is 1.05. The van der Waals surface area contributed by atoms with Gasteiger partial charge in [0, 0.05) is 24.7 Å². The highest BCUT2D eigenvalue weighted by molar-refractivity contribution is 5.94. The highest BCUT2D eigenvalue weighted by Gasteiger charge is 2.13. The second-order valence-corrected chi connectivity index (χ2v) is 7.49. The Morgan fingerprint density at radius 2 is 1.71 bits per heavy atom. The van der Waals surface area contributed by atoms with E-state index in [4.69, 9.17) is 9.47 Å². The van der Waals surface area contributed by atoms with Crippen LogP contribution in [0.4, 0.5) is 0 Å². The lowest BCUT2D eigenvalue weighted by Gasteiger charge is -2.22. The van der Waals surface area contributed by atoms with Crippen LogP contribution >= 0.6 is 0 Å². The maximum absolute atomic E-state index is 12.6. The van der Waals surface area contributed by atoms with Crippen molar-refractivity contribution in [2.24, 2.45) is 0 Å². The van der Waals surface area contributed by atoms with E-state index < -0.39 is 0 Å². The molecule has 5 nitrogen and oxygen atoms in total. The molecule has 2 aromatic rings. The molecule has 0 bridgehead atoms. The lowest BCUT2D eigenvalue weighted by Crippen LogP contribution is -2.27. The number of nitrogens with zero attached hydrogens (tertiary/aromatic N) is 1. The molecule has 0 unspecified atom stereocenters. The molecule has 0 saturated heterocycles. The highest BCUT2D eigenvalue weighted by atomic mass is 16.5. The van der Waals surface area contributed by atoms with E-state index in [9.17, 15) is 4.79 Å². The summed E-state index contributed by atoms with van der Waals surface area (Å²) < 4.78 is 11.1. The van der Waals surface area contributed by atoms with Gasteiger partial charge in [-0.1, -0.05) is 24.3 Å². The first-order valence-electron chi connectivity index (χ1n) is 9.71. The average Bonchev–Trinajstić information content (AvgIpc) is 2.66. The van der Waals surface area contributed by atoms with Crippen LogP contribution in [0.25, 0.3) is 0 Å². The van der Waals surface area contributed by atoms with Crippen LogP contribution < -0.4 is 14.8 Å². The standard InChI is InChI=1S/C23H32N2O3/c1-16(2)25(5)15-20-10-8-7-9-19(20)14-24-23(26)18-11-12-21(28-17(3)4)22(13-18)27-6/h7-13,16-17H,14-15H2,1-6H3,(H,24,26). The molecule has 5 heteroatoms. The van der Waals surface area contributed by atoms with Crippen LogP contribution in [0.1, 0.15) is 49.2 Å². The minimum Gasteiger partial charge on any atom is -0.493 e. The molecular formula is C23H32N2O3. The topological polar surface area (TPSA) is 50.8 Å².